The second-order valence-corrected chi connectivity index (χ2v) is 4.24. The minimum absolute atomic E-state index is 0.00583. The zero-order chi connectivity index (χ0) is 10.3. The van der Waals surface area contributed by atoms with E-state index < -0.39 is 5.97 Å². The van der Waals surface area contributed by atoms with Crippen molar-refractivity contribution in [1.82, 2.24) is 0 Å². The van der Waals surface area contributed by atoms with Gasteiger partial charge < -0.3 is 5.11 Å². The first kappa shape index (κ1) is 9.81. The molecule has 0 amide bonds. The molecule has 1 aromatic carbocycles. The molecule has 1 saturated carbocycles. The lowest BCUT2D eigenvalue weighted by molar-refractivity contribution is -0.138. The van der Waals surface area contributed by atoms with Gasteiger partial charge in [0.1, 0.15) is 0 Å². The molecule has 1 fully saturated rings. The van der Waals surface area contributed by atoms with Crippen molar-refractivity contribution in [2.24, 2.45) is 5.92 Å². The van der Waals surface area contributed by atoms with Crippen LogP contribution >= 0.6 is 23.2 Å². The summed E-state index contributed by atoms with van der Waals surface area (Å²) in [6, 6.07) is 5.23. The van der Waals surface area contributed by atoms with Crippen LogP contribution in [0, 0.1) is 5.92 Å². The minimum Gasteiger partial charge on any atom is -0.481 e. The number of hydrogen-bond donors (Lipinski definition) is 1. The van der Waals surface area contributed by atoms with Gasteiger partial charge in [0.05, 0.1) is 5.92 Å². The van der Waals surface area contributed by atoms with E-state index in [1.807, 2.05) is 0 Å². The molecule has 2 nitrogen and oxygen atoms in total. The molecule has 0 aromatic heterocycles. The number of hydrogen-bond acceptors (Lipinski definition) is 1. The van der Waals surface area contributed by atoms with Crippen molar-refractivity contribution in [3.05, 3.63) is 33.8 Å². The topological polar surface area (TPSA) is 37.3 Å². The lowest BCUT2D eigenvalue weighted by atomic mass is 10.1. The van der Waals surface area contributed by atoms with E-state index in [0.717, 1.165) is 5.56 Å². The lowest BCUT2D eigenvalue weighted by Gasteiger charge is -2.04. The van der Waals surface area contributed by atoms with E-state index in [2.05, 4.69) is 0 Å². The van der Waals surface area contributed by atoms with E-state index in [1.54, 1.807) is 18.2 Å². The summed E-state index contributed by atoms with van der Waals surface area (Å²) in [6.45, 7) is 0. The monoisotopic (exact) mass is 230 g/mol. The van der Waals surface area contributed by atoms with Crippen molar-refractivity contribution in [3.8, 4) is 0 Å². The van der Waals surface area contributed by atoms with Crippen molar-refractivity contribution in [2.45, 2.75) is 12.3 Å². The number of benzene rings is 1. The van der Waals surface area contributed by atoms with Gasteiger partial charge in [0.25, 0.3) is 0 Å². The summed E-state index contributed by atoms with van der Waals surface area (Å²) >= 11 is 11.9. The molecule has 0 bridgehead atoms. The number of rotatable bonds is 2. The Balaban J connectivity index is 2.31. The number of halogens is 2. The summed E-state index contributed by atoms with van der Waals surface area (Å²) in [6.07, 6.45) is 0.638. The van der Waals surface area contributed by atoms with E-state index >= 15 is 0 Å². The molecule has 0 heterocycles. The zero-order valence-corrected chi connectivity index (χ0v) is 8.72. The van der Waals surface area contributed by atoms with E-state index in [0.29, 0.717) is 16.5 Å². The maximum absolute atomic E-state index is 10.7. The van der Waals surface area contributed by atoms with Gasteiger partial charge in [-0.25, -0.2) is 0 Å². The molecule has 1 N–H and O–H groups in total. The van der Waals surface area contributed by atoms with Crippen LogP contribution in [0.5, 0.6) is 0 Å². The van der Waals surface area contributed by atoms with Crippen LogP contribution in [0.25, 0.3) is 0 Å². The minimum atomic E-state index is -0.772. The molecule has 0 spiro atoms. The summed E-state index contributed by atoms with van der Waals surface area (Å²) in [5, 5.41) is 9.90. The molecule has 2 rings (SSSR count). The molecule has 0 aliphatic heterocycles. The highest BCUT2D eigenvalue weighted by Gasteiger charge is 2.45. The molecule has 2 atom stereocenters. The molecule has 2 unspecified atom stereocenters. The first-order valence-electron chi connectivity index (χ1n) is 4.28. The SMILES string of the molecule is O=C(O)C1CC1c1c(Cl)cccc1Cl. The summed E-state index contributed by atoms with van der Waals surface area (Å²) in [5.41, 5.74) is 0.781. The van der Waals surface area contributed by atoms with Gasteiger partial charge >= 0.3 is 5.97 Å². The van der Waals surface area contributed by atoms with Crippen LogP contribution in [-0.2, 0) is 4.79 Å². The number of carboxylic acids is 1. The molecule has 74 valence electrons. The average molecular weight is 231 g/mol. The summed E-state index contributed by atoms with van der Waals surface area (Å²) in [5.74, 6) is -1.09. The van der Waals surface area contributed by atoms with Crippen LogP contribution in [0.15, 0.2) is 18.2 Å². The Labute approximate surface area is 91.4 Å². The fourth-order valence-electron chi connectivity index (χ4n) is 1.65. The quantitative estimate of drug-likeness (QED) is 0.848. The molecule has 1 aliphatic rings. The third-order valence-electron chi connectivity index (χ3n) is 2.48. The van der Waals surface area contributed by atoms with Gasteiger partial charge in [-0.15, -0.1) is 0 Å². The van der Waals surface area contributed by atoms with Gasteiger partial charge in [0.2, 0.25) is 0 Å². The molecule has 0 radical (unpaired) electrons. The normalized spacial score (nSPS) is 24.7. The number of aliphatic carboxylic acids is 1. The largest absolute Gasteiger partial charge is 0.481 e. The molecular weight excluding hydrogens is 223 g/mol. The van der Waals surface area contributed by atoms with Crippen molar-refractivity contribution < 1.29 is 9.90 Å². The van der Waals surface area contributed by atoms with Crippen molar-refractivity contribution in [3.63, 3.8) is 0 Å². The standard InChI is InChI=1S/C10H8Cl2O2/c11-7-2-1-3-8(12)9(7)5-4-6(5)10(13)14/h1-3,5-6H,4H2,(H,13,14). The Bertz CT molecular complexity index is 369. The van der Waals surface area contributed by atoms with E-state index in [9.17, 15) is 4.79 Å². The van der Waals surface area contributed by atoms with Crippen LogP contribution in [-0.4, -0.2) is 11.1 Å². The second kappa shape index (κ2) is 3.44. The summed E-state index contributed by atoms with van der Waals surface area (Å²) in [7, 11) is 0. The second-order valence-electron chi connectivity index (χ2n) is 3.42. The van der Waals surface area contributed by atoms with Gasteiger partial charge in [-0.2, -0.15) is 0 Å². The molecular formula is C10H8Cl2O2. The van der Waals surface area contributed by atoms with Crippen LogP contribution in [0.2, 0.25) is 10.0 Å². The third kappa shape index (κ3) is 1.60. The Morgan fingerprint density at radius 2 is 1.93 bits per heavy atom. The van der Waals surface area contributed by atoms with Gasteiger partial charge in [-0.3, -0.25) is 4.79 Å². The van der Waals surface area contributed by atoms with Crippen molar-refractivity contribution in [2.75, 3.05) is 0 Å². The maximum atomic E-state index is 10.7. The molecule has 14 heavy (non-hydrogen) atoms. The van der Waals surface area contributed by atoms with E-state index in [4.69, 9.17) is 28.3 Å². The lowest BCUT2D eigenvalue weighted by Crippen LogP contribution is -1.99. The molecule has 1 aromatic rings. The predicted molar refractivity (Wildman–Crippen MR) is 54.9 cm³/mol. The Morgan fingerprint density at radius 3 is 2.36 bits per heavy atom. The number of carbonyl (C=O) groups is 1. The van der Waals surface area contributed by atoms with Crippen LogP contribution < -0.4 is 0 Å². The highest BCUT2D eigenvalue weighted by Crippen LogP contribution is 2.51. The van der Waals surface area contributed by atoms with Crippen molar-refractivity contribution >= 4 is 29.2 Å². The van der Waals surface area contributed by atoms with Gasteiger partial charge in [-0.05, 0) is 24.1 Å². The van der Waals surface area contributed by atoms with Crippen LogP contribution in [0.4, 0.5) is 0 Å². The van der Waals surface area contributed by atoms with Gasteiger partial charge in [0.15, 0.2) is 0 Å². The third-order valence-corrected chi connectivity index (χ3v) is 3.14. The Kier molecular flexibility index (Phi) is 2.41. The summed E-state index contributed by atoms with van der Waals surface area (Å²) in [4.78, 5) is 10.7. The highest BCUT2D eigenvalue weighted by atomic mass is 35.5. The Hall–Kier alpha value is -0.730. The molecule has 1 aliphatic carbocycles. The smallest absolute Gasteiger partial charge is 0.307 e. The fraction of sp³-hybridized carbons (Fsp3) is 0.300. The Morgan fingerprint density at radius 1 is 1.36 bits per heavy atom. The van der Waals surface area contributed by atoms with Gasteiger partial charge in [-0.1, -0.05) is 29.3 Å². The zero-order valence-electron chi connectivity index (χ0n) is 7.21. The fourth-order valence-corrected chi connectivity index (χ4v) is 2.33. The number of carboxylic acid groups (broad SMARTS) is 1. The van der Waals surface area contributed by atoms with E-state index in [1.165, 1.54) is 0 Å². The first-order chi connectivity index (χ1) is 6.61. The van der Waals surface area contributed by atoms with Crippen LogP contribution in [0.3, 0.4) is 0 Å². The maximum Gasteiger partial charge on any atom is 0.307 e. The van der Waals surface area contributed by atoms with Crippen molar-refractivity contribution in [1.29, 1.82) is 0 Å². The van der Waals surface area contributed by atoms with Crippen LogP contribution in [0.1, 0.15) is 17.9 Å². The molecule has 4 heteroatoms. The average Bonchev–Trinajstić information content (AvgIpc) is 2.83. The molecule has 0 saturated heterocycles. The highest BCUT2D eigenvalue weighted by molar-refractivity contribution is 6.36. The van der Waals surface area contributed by atoms with Gasteiger partial charge in [0, 0.05) is 16.0 Å². The first-order valence-corrected chi connectivity index (χ1v) is 5.03. The van der Waals surface area contributed by atoms with E-state index in [-0.39, 0.29) is 11.8 Å². The summed E-state index contributed by atoms with van der Waals surface area (Å²) < 4.78 is 0. The predicted octanol–water partition coefficient (Wildman–Crippen LogP) is 3.18.